The largest absolute Gasteiger partial charge is 0.465 e. The molecule has 0 radical (unpaired) electrons. The third-order valence-corrected chi connectivity index (χ3v) is 2.84. The molecular formula is C15H15ClFNO2. The fourth-order valence-corrected chi connectivity index (χ4v) is 1.83. The molecule has 0 aromatic heterocycles. The van der Waals surface area contributed by atoms with Crippen LogP contribution in [0.25, 0.3) is 11.1 Å². The maximum Gasteiger partial charge on any atom is 0.337 e. The van der Waals surface area contributed by atoms with Gasteiger partial charge in [-0.3, -0.25) is 0 Å². The molecule has 0 amide bonds. The van der Waals surface area contributed by atoms with Crippen molar-refractivity contribution in [2.45, 2.75) is 6.54 Å². The van der Waals surface area contributed by atoms with Crippen molar-refractivity contribution in [1.82, 2.24) is 0 Å². The van der Waals surface area contributed by atoms with Crippen LogP contribution in [0, 0.1) is 5.82 Å². The van der Waals surface area contributed by atoms with Crippen LogP contribution in [0.2, 0.25) is 0 Å². The lowest BCUT2D eigenvalue weighted by Crippen LogP contribution is -2.02. The van der Waals surface area contributed by atoms with Crippen molar-refractivity contribution >= 4 is 18.4 Å². The van der Waals surface area contributed by atoms with E-state index in [-0.39, 0.29) is 18.0 Å². The minimum Gasteiger partial charge on any atom is -0.465 e. The van der Waals surface area contributed by atoms with Gasteiger partial charge in [-0.1, -0.05) is 24.3 Å². The first-order valence-electron chi connectivity index (χ1n) is 5.82. The van der Waals surface area contributed by atoms with Crippen LogP contribution in [0.1, 0.15) is 15.9 Å². The van der Waals surface area contributed by atoms with Crippen molar-refractivity contribution in [2.75, 3.05) is 7.11 Å². The van der Waals surface area contributed by atoms with Crippen LogP contribution in [0.3, 0.4) is 0 Å². The van der Waals surface area contributed by atoms with E-state index in [9.17, 15) is 9.18 Å². The van der Waals surface area contributed by atoms with E-state index in [0.29, 0.717) is 12.1 Å². The fourth-order valence-electron chi connectivity index (χ4n) is 1.83. The third kappa shape index (κ3) is 3.56. The monoisotopic (exact) mass is 295 g/mol. The number of rotatable bonds is 3. The van der Waals surface area contributed by atoms with Gasteiger partial charge in [0.1, 0.15) is 5.82 Å². The van der Waals surface area contributed by atoms with Crippen molar-refractivity contribution in [3.63, 3.8) is 0 Å². The SMILES string of the molecule is COC(=O)c1cc(F)cc(-c2ccc(CN)cc2)c1.Cl. The second kappa shape index (κ2) is 7.03. The molecule has 2 aromatic rings. The molecule has 106 valence electrons. The van der Waals surface area contributed by atoms with Gasteiger partial charge in [0, 0.05) is 6.54 Å². The molecule has 0 bridgehead atoms. The van der Waals surface area contributed by atoms with Gasteiger partial charge in [0.2, 0.25) is 0 Å². The van der Waals surface area contributed by atoms with E-state index in [1.807, 2.05) is 24.3 Å². The Morgan fingerprint density at radius 2 is 1.80 bits per heavy atom. The molecule has 2 aromatic carbocycles. The molecule has 0 aliphatic heterocycles. The molecule has 2 rings (SSSR count). The number of carbonyl (C=O) groups excluding carboxylic acids is 1. The summed E-state index contributed by atoms with van der Waals surface area (Å²) in [5.74, 6) is -1.03. The number of ether oxygens (including phenoxy) is 1. The lowest BCUT2D eigenvalue weighted by molar-refractivity contribution is 0.0600. The summed E-state index contributed by atoms with van der Waals surface area (Å²) in [6, 6.07) is 11.6. The highest BCUT2D eigenvalue weighted by Gasteiger charge is 2.10. The number of halogens is 2. The fraction of sp³-hybridized carbons (Fsp3) is 0.133. The first kappa shape index (κ1) is 16.1. The highest BCUT2D eigenvalue weighted by atomic mass is 35.5. The molecule has 0 fully saturated rings. The van der Waals surface area contributed by atoms with E-state index in [0.717, 1.165) is 17.2 Å². The zero-order chi connectivity index (χ0) is 13.8. The molecule has 20 heavy (non-hydrogen) atoms. The van der Waals surface area contributed by atoms with Gasteiger partial charge in [-0.15, -0.1) is 12.4 Å². The Hall–Kier alpha value is -1.91. The highest BCUT2D eigenvalue weighted by molar-refractivity contribution is 5.91. The summed E-state index contributed by atoms with van der Waals surface area (Å²) in [7, 11) is 1.27. The quantitative estimate of drug-likeness (QED) is 0.885. The third-order valence-electron chi connectivity index (χ3n) is 2.84. The van der Waals surface area contributed by atoms with E-state index >= 15 is 0 Å². The lowest BCUT2D eigenvalue weighted by atomic mass is 10.0. The summed E-state index contributed by atoms with van der Waals surface area (Å²) >= 11 is 0. The normalized spacial score (nSPS) is 9.75. The predicted molar refractivity (Wildman–Crippen MR) is 78.3 cm³/mol. The van der Waals surface area contributed by atoms with E-state index in [1.165, 1.54) is 13.2 Å². The molecule has 0 aliphatic carbocycles. The van der Waals surface area contributed by atoms with Gasteiger partial charge < -0.3 is 10.5 Å². The first-order valence-corrected chi connectivity index (χ1v) is 5.82. The number of hydrogen-bond acceptors (Lipinski definition) is 3. The molecule has 5 heteroatoms. The topological polar surface area (TPSA) is 52.3 Å². The second-order valence-electron chi connectivity index (χ2n) is 4.12. The van der Waals surface area contributed by atoms with Crippen LogP contribution in [0.15, 0.2) is 42.5 Å². The number of esters is 1. The maximum absolute atomic E-state index is 13.5. The van der Waals surface area contributed by atoms with Gasteiger partial charge in [0.25, 0.3) is 0 Å². The summed E-state index contributed by atoms with van der Waals surface area (Å²) in [5.41, 5.74) is 8.16. The summed E-state index contributed by atoms with van der Waals surface area (Å²) in [6.07, 6.45) is 0. The number of carbonyl (C=O) groups is 1. The Morgan fingerprint density at radius 1 is 1.15 bits per heavy atom. The Bertz CT molecular complexity index is 599. The Kier molecular flexibility index (Phi) is 5.67. The van der Waals surface area contributed by atoms with Crippen LogP contribution in [-0.4, -0.2) is 13.1 Å². The zero-order valence-corrected chi connectivity index (χ0v) is 11.7. The Balaban J connectivity index is 0.00000200. The second-order valence-corrected chi connectivity index (χ2v) is 4.12. The van der Waals surface area contributed by atoms with Gasteiger partial charge in [-0.25, -0.2) is 9.18 Å². The van der Waals surface area contributed by atoms with Crippen molar-refractivity contribution in [3.8, 4) is 11.1 Å². The van der Waals surface area contributed by atoms with E-state index in [1.54, 1.807) is 6.07 Å². The Labute approximate surface area is 123 Å². The van der Waals surface area contributed by atoms with Gasteiger partial charge >= 0.3 is 5.97 Å². The molecule has 0 heterocycles. The molecule has 0 unspecified atom stereocenters. The van der Waals surface area contributed by atoms with Crippen LogP contribution in [0.4, 0.5) is 4.39 Å². The van der Waals surface area contributed by atoms with Crippen LogP contribution < -0.4 is 5.73 Å². The van der Waals surface area contributed by atoms with Gasteiger partial charge in [0.05, 0.1) is 12.7 Å². The first-order chi connectivity index (χ1) is 9.13. The predicted octanol–water partition coefficient (Wildman–Crippen LogP) is 3.16. The van der Waals surface area contributed by atoms with Gasteiger partial charge in [-0.05, 0) is 34.9 Å². The van der Waals surface area contributed by atoms with Crippen LogP contribution in [0.5, 0.6) is 0 Å². The lowest BCUT2D eigenvalue weighted by Gasteiger charge is -2.06. The van der Waals surface area contributed by atoms with E-state index < -0.39 is 11.8 Å². The summed E-state index contributed by atoms with van der Waals surface area (Å²) in [4.78, 5) is 11.4. The highest BCUT2D eigenvalue weighted by Crippen LogP contribution is 2.23. The average Bonchev–Trinajstić information content (AvgIpc) is 2.45. The summed E-state index contributed by atoms with van der Waals surface area (Å²) < 4.78 is 18.1. The molecule has 0 aliphatic rings. The molecule has 0 saturated heterocycles. The Morgan fingerprint density at radius 3 is 2.35 bits per heavy atom. The van der Waals surface area contributed by atoms with Crippen LogP contribution in [-0.2, 0) is 11.3 Å². The number of methoxy groups -OCH3 is 1. The molecule has 2 N–H and O–H groups in total. The minimum atomic E-state index is -0.556. The maximum atomic E-state index is 13.5. The van der Waals surface area contributed by atoms with E-state index in [2.05, 4.69) is 4.74 Å². The standard InChI is InChI=1S/C15H14FNO2.ClH/c1-19-15(18)13-6-12(7-14(16)8-13)11-4-2-10(9-17)3-5-11;/h2-8H,9,17H2,1H3;1H. The van der Waals surface area contributed by atoms with Crippen LogP contribution >= 0.6 is 12.4 Å². The molecule has 0 spiro atoms. The van der Waals surface area contributed by atoms with Crippen molar-refractivity contribution in [3.05, 3.63) is 59.4 Å². The van der Waals surface area contributed by atoms with Gasteiger partial charge in [-0.2, -0.15) is 0 Å². The van der Waals surface area contributed by atoms with Crippen molar-refractivity contribution in [2.24, 2.45) is 5.73 Å². The smallest absolute Gasteiger partial charge is 0.337 e. The van der Waals surface area contributed by atoms with Crippen molar-refractivity contribution < 1.29 is 13.9 Å². The molecular weight excluding hydrogens is 281 g/mol. The number of benzene rings is 2. The summed E-state index contributed by atoms with van der Waals surface area (Å²) in [5, 5.41) is 0. The number of hydrogen-bond donors (Lipinski definition) is 1. The number of nitrogens with two attached hydrogens (primary N) is 1. The minimum absolute atomic E-state index is 0. The average molecular weight is 296 g/mol. The molecule has 3 nitrogen and oxygen atoms in total. The molecule has 0 saturated carbocycles. The summed E-state index contributed by atoms with van der Waals surface area (Å²) in [6.45, 7) is 0.455. The zero-order valence-electron chi connectivity index (χ0n) is 10.9. The van der Waals surface area contributed by atoms with Gasteiger partial charge in [0.15, 0.2) is 0 Å². The van der Waals surface area contributed by atoms with Crippen molar-refractivity contribution in [1.29, 1.82) is 0 Å². The molecule has 0 atom stereocenters. The van der Waals surface area contributed by atoms with E-state index in [4.69, 9.17) is 5.73 Å².